The minimum Gasteiger partial charge on any atom is -0.374 e. The molecule has 172 valence electrons. The molecule has 0 saturated heterocycles. The van der Waals surface area contributed by atoms with Gasteiger partial charge >= 0.3 is 0 Å². The Balaban J connectivity index is 1.84. The van der Waals surface area contributed by atoms with Gasteiger partial charge in [0.15, 0.2) is 5.60 Å². The highest BCUT2D eigenvalue weighted by atomic mass is 35.5. The molecule has 4 aromatic heterocycles. The number of rotatable bonds is 4. The van der Waals surface area contributed by atoms with Crippen LogP contribution >= 0.6 is 11.6 Å². The van der Waals surface area contributed by atoms with E-state index in [4.69, 9.17) is 11.6 Å². The Hall–Kier alpha value is -4.32. The van der Waals surface area contributed by atoms with Crippen LogP contribution in [0.1, 0.15) is 22.5 Å². The Kier molecular flexibility index (Phi) is 5.44. The number of halogens is 1. The Morgan fingerprint density at radius 1 is 1.06 bits per heavy atom. The number of benzene rings is 1. The zero-order chi connectivity index (χ0) is 24.7. The number of aryl methyl sites for hydroxylation is 2. The van der Waals surface area contributed by atoms with Gasteiger partial charge in [-0.1, -0.05) is 29.8 Å². The van der Waals surface area contributed by atoms with Crippen LogP contribution in [-0.2, 0) is 19.7 Å². The second-order valence-corrected chi connectivity index (χ2v) is 8.61. The van der Waals surface area contributed by atoms with Crippen molar-refractivity contribution >= 4 is 22.6 Å². The maximum atomic E-state index is 12.7. The van der Waals surface area contributed by atoms with E-state index in [1.54, 1.807) is 85.9 Å². The molecule has 9 heteroatoms. The molecule has 8 nitrogen and oxygen atoms in total. The smallest absolute Gasteiger partial charge is 0.252 e. The molecule has 0 bridgehead atoms. The van der Waals surface area contributed by atoms with Gasteiger partial charge in [0.05, 0.1) is 23.9 Å². The Morgan fingerprint density at radius 3 is 2.51 bits per heavy atom. The quantitative estimate of drug-likeness (QED) is 0.419. The molecular weight excluding hydrogens is 464 g/mol. The largest absolute Gasteiger partial charge is 0.374 e. The number of hydrogen-bond acceptors (Lipinski definition) is 6. The number of fused-ring (bicyclic) bond motifs is 1. The zero-order valence-electron chi connectivity index (χ0n) is 18.8. The summed E-state index contributed by atoms with van der Waals surface area (Å²) >= 11 is 6.11. The van der Waals surface area contributed by atoms with Crippen molar-refractivity contribution in [3.8, 4) is 17.3 Å². The molecule has 35 heavy (non-hydrogen) atoms. The van der Waals surface area contributed by atoms with Gasteiger partial charge in [-0.3, -0.25) is 9.36 Å². The van der Waals surface area contributed by atoms with Crippen LogP contribution in [0.3, 0.4) is 0 Å². The fourth-order valence-electron chi connectivity index (χ4n) is 4.24. The van der Waals surface area contributed by atoms with E-state index >= 15 is 0 Å². The van der Waals surface area contributed by atoms with Crippen molar-refractivity contribution in [1.29, 1.82) is 5.26 Å². The lowest BCUT2D eigenvalue weighted by molar-refractivity contribution is 0.117. The average molecular weight is 483 g/mol. The highest BCUT2D eigenvalue weighted by molar-refractivity contribution is 6.30. The van der Waals surface area contributed by atoms with E-state index in [0.717, 1.165) is 0 Å². The normalized spacial score (nSPS) is 12.9. The highest BCUT2D eigenvalue weighted by Crippen LogP contribution is 2.38. The third-order valence-electron chi connectivity index (χ3n) is 6.08. The molecule has 1 unspecified atom stereocenters. The number of imidazole rings is 1. The molecule has 0 radical (unpaired) electrons. The van der Waals surface area contributed by atoms with E-state index < -0.39 is 5.60 Å². The van der Waals surface area contributed by atoms with E-state index in [1.165, 1.54) is 10.6 Å². The van der Waals surface area contributed by atoms with Crippen LogP contribution in [0.25, 0.3) is 22.3 Å². The summed E-state index contributed by atoms with van der Waals surface area (Å²) in [5.74, 6) is 0. The topological polar surface area (TPSA) is 110 Å². The van der Waals surface area contributed by atoms with E-state index in [1.807, 2.05) is 6.07 Å². The molecule has 0 amide bonds. The van der Waals surface area contributed by atoms with Crippen molar-refractivity contribution in [1.82, 2.24) is 24.1 Å². The van der Waals surface area contributed by atoms with Gasteiger partial charge in [-0.2, -0.15) is 5.26 Å². The van der Waals surface area contributed by atoms with Crippen LogP contribution in [0, 0.1) is 11.3 Å². The standard InChI is InChI=1S/C26H19ClN6O2/c1-32-15-29-14-23(32)26(35,16-6-8-18(27)9-7-16)17-10-21-20(22-5-3-4-19(12-28)31-22)11-24(34)33(2)25(21)30-13-17/h3-11,13-15,35H,1-2H3. The second kappa shape index (κ2) is 8.47. The number of hydrogen-bond donors (Lipinski definition) is 1. The third kappa shape index (κ3) is 3.67. The summed E-state index contributed by atoms with van der Waals surface area (Å²) in [5.41, 5.74) is 1.30. The van der Waals surface area contributed by atoms with Gasteiger partial charge in [-0.25, -0.2) is 15.0 Å². The Bertz CT molecular complexity index is 1680. The van der Waals surface area contributed by atoms with Crippen LogP contribution in [-0.4, -0.2) is 29.2 Å². The van der Waals surface area contributed by atoms with Crippen molar-refractivity contribution in [2.24, 2.45) is 14.1 Å². The Labute approximate surface area is 205 Å². The molecule has 0 aliphatic rings. The van der Waals surface area contributed by atoms with E-state index in [-0.39, 0.29) is 11.3 Å². The zero-order valence-corrected chi connectivity index (χ0v) is 19.6. The maximum Gasteiger partial charge on any atom is 0.252 e. The van der Waals surface area contributed by atoms with E-state index in [9.17, 15) is 15.2 Å². The molecule has 0 spiro atoms. The van der Waals surface area contributed by atoms with Crippen LogP contribution in [0.4, 0.5) is 0 Å². The molecule has 0 fully saturated rings. The molecule has 0 aliphatic heterocycles. The first-order valence-corrected chi connectivity index (χ1v) is 11.0. The molecule has 1 N–H and O–H groups in total. The SMILES string of the molecule is Cn1cncc1C(O)(c1ccc(Cl)cc1)c1cnc2c(c1)c(-c1cccc(C#N)n1)cc(=O)n2C. The second-order valence-electron chi connectivity index (χ2n) is 8.18. The van der Waals surface area contributed by atoms with Crippen LogP contribution < -0.4 is 5.56 Å². The maximum absolute atomic E-state index is 12.7. The lowest BCUT2D eigenvalue weighted by Crippen LogP contribution is -2.31. The molecule has 1 atom stereocenters. The first-order valence-electron chi connectivity index (χ1n) is 10.7. The lowest BCUT2D eigenvalue weighted by atomic mass is 9.83. The summed E-state index contributed by atoms with van der Waals surface area (Å²) in [7, 11) is 3.43. The molecule has 0 aliphatic carbocycles. The highest BCUT2D eigenvalue weighted by Gasteiger charge is 2.37. The van der Waals surface area contributed by atoms with Crippen molar-refractivity contribution in [3.05, 3.63) is 111 Å². The minimum absolute atomic E-state index is 0.230. The van der Waals surface area contributed by atoms with Gasteiger partial charge in [0.2, 0.25) is 0 Å². The summed E-state index contributed by atoms with van der Waals surface area (Å²) in [6.07, 6.45) is 4.75. The summed E-state index contributed by atoms with van der Waals surface area (Å²) in [6.45, 7) is 0. The predicted molar refractivity (Wildman–Crippen MR) is 132 cm³/mol. The van der Waals surface area contributed by atoms with Gasteiger partial charge < -0.3 is 9.67 Å². The average Bonchev–Trinajstić information content (AvgIpc) is 3.32. The first kappa shape index (κ1) is 22.5. The van der Waals surface area contributed by atoms with Crippen molar-refractivity contribution in [2.75, 3.05) is 0 Å². The molecule has 5 aromatic rings. The summed E-state index contributed by atoms with van der Waals surface area (Å²) < 4.78 is 3.17. The van der Waals surface area contributed by atoms with E-state index in [2.05, 4.69) is 15.0 Å². The van der Waals surface area contributed by atoms with Gasteiger partial charge in [0.1, 0.15) is 17.4 Å². The van der Waals surface area contributed by atoms with Gasteiger partial charge in [-0.05, 0) is 35.9 Å². The van der Waals surface area contributed by atoms with Crippen LogP contribution in [0.15, 0.2) is 78.1 Å². The van der Waals surface area contributed by atoms with Crippen LogP contribution in [0.2, 0.25) is 5.02 Å². The number of pyridine rings is 3. The third-order valence-corrected chi connectivity index (χ3v) is 6.33. The number of aliphatic hydroxyl groups is 1. The van der Waals surface area contributed by atoms with Crippen molar-refractivity contribution in [3.63, 3.8) is 0 Å². The predicted octanol–water partition coefficient (Wildman–Crippen LogP) is 3.54. The molecular formula is C26H19ClN6O2. The summed E-state index contributed by atoms with van der Waals surface area (Å²) in [5, 5.41) is 22.7. The lowest BCUT2D eigenvalue weighted by Gasteiger charge is -2.30. The van der Waals surface area contributed by atoms with Gasteiger partial charge in [0, 0.05) is 47.9 Å². The first-order chi connectivity index (χ1) is 16.8. The number of nitrogens with zero attached hydrogens (tertiary/aromatic N) is 6. The van der Waals surface area contributed by atoms with Crippen molar-refractivity contribution < 1.29 is 5.11 Å². The summed E-state index contributed by atoms with van der Waals surface area (Å²) in [4.78, 5) is 25.9. The van der Waals surface area contributed by atoms with Crippen LogP contribution in [0.5, 0.6) is 0 Å². The number of aromatic nitrogens is 5. The van der Waals surface area contributed by atoms with Gasteiger partial charge in [0.25, 0.3) is 5.56 Å². The minimum atomic E-state index is -1.62. The van der Waals surface area contributed by atoms with E-state index in [0.29, 0.717) is 44.1 Å². The molecule has 0 saturated carbocycles. The van der Waals surface area contributed by atoms with Crippen molar-refractivity contribution in [2.45, 2.75) is 5.60 Å². The van der Waals surface area contributed by atoms with Gasteiger partial charge in [-0.15, -0.1) is 0 Å². The number of nitriles is 1. The molecule has 4 heterocycles. The molecule has 5 rings (SSSR count). The fourth-order valence-corrected chi connectivity index (χ4v) is 4.37. The molecule has 1 aromatic carbocycles. The fraction of sp³-hybridized carbons (Fsp3) is 0.115. The summed E-state index contributed by atoms with van der Waals surface area (Å²) in [6, 6.07) is 17.2. The monoisotopic (exact) mass is 482 g/mol. The Morgan fingerprint density at radius 2 is 1.83 bits per heavy atom.